The van der Waals surface area contributed by atoms with E-state index >= 15 is 0 Å². The molecule has 0 saturated carbocycles. The van der Waals surface area contributed by atoms with Crippen molar-refractivity contribution in [2.75, 3.05) is 0 Å². The Bertz CT molecular complexity index is 948. The lowest BCUT2D eigenvalue weighted by Gasteiger charge is -2.07. The van der Waals surface area contributed by atoms with Gasteiger partial charge in [0.2, 0.25) is 0 Å². The molecular weight excluding hydrogens is 302 g/mol. The molecule has 0 aliphatic rings. The first-order valence-electron chi connectivity index (χ1n) is 7.53. The standard InChI is InChI=1S/C19H17N3O2/c1-12-6-7-18-15(8-12)10-17(13(2)21-18)19(24)22-20-11-14-4-3-5-16(23)9-14/h3-11,23H,1-2H3,(H,22,24). The number of nitrogens with zero attached hydrogens (tertiary/aromatic N) is 2. The van der Waals surface area contributed by atoms with Gasteiger partial charge in [-0.05, 0) is 49.7 Å². The lowest BCUT2D eigenvalue weighted by Crippen LogP contribution is -2.19. The summed E-state index contributed by atoms with van der Waals surface area (Å²) in [6.07, 6.45) is 1.48. The van der Waals surface area contributed by atoms with Gasteiger partial charge in [-0.25, -0.2) is 5.43 Å². The minimum absolute atomic E-state index is 0.148. The van der Waals surface area contributed by atoms with E-state index in [0.29, 0.717) is 16.8 Å². The van der Waals surface area contributed by atoms with Gasteiger partial charge in [-0.3, -0.25) is 9.78 Å². The fourth-order valence-corrected chi connectivity index (χ4v) is 2.45. The molecule has 0 unspecified atom stereocenters. The fourth-order valence-electron chi connectivity index (χ4n) is 2.45. The normalized spacial score (nSPS) is 11.1. The van der Waals surface area contributed by atoms with Crippen LogP contribution >= 0.6 is 0 Å². The van der Waals surface area contributed by atoms with Crippen LogP contribution in [0.25, 0.3) is 10.9 Å². The third-order valence-electron chi connectivity index (χ3n) is 3.66. The molecule has 3 aromatic rings. The predicted molar refractivity (Wildman–Crippen MR) is 94.4 cm³/mol. The van der Waals surface area contributed by atoms with Crippen LogP contribution in [0.2, 0.25) is 0 Å². The number of hydrogen-bond acceptors (Lipinski definition) is 4. The van der Waals surface area contributed by atoms with Gasteiger partial charge in [-0.2, -0.15) is 5.10 Å². The number of phenolic OH excluding ortho intramolecular Hbond substituents is 1. The predicted octanol–water partition coefficient (Wildman–Crippen LogP) is 3.32. The zero-order valence-electron chi connectivity index (χ0n) is 13.4. The zero-order chi connectivity index (χ0) is 17.1. The van der Waals surface area contributed by atoms with Crippen LogP contribution in [0.4, 0.5) is 0 Å². The topological polar surface area (TPSA) is 74.6 Å². The van der Waals surface area contributed by atoms with Crippen molar-refractivity contribution in [2.45, 2.75) is 13.8 Å². The molecule has 0 spiro atoms. The van der Waals surface area contributed by atoms with Crippen molar-refractivity contribution < 1.29 is 9.90 Å². The smallest absolute Gasteiger partial charge is 0.273 e. The summed E-state index contributed by atoms with van der Waals surface area (Å²) in [5, 5.41) is 14.3. The molecule has 2 aromatic carbocycles. The van der Waals surface area contributed by atoms with E-state index in [1.54, 1.807) is 31.2 Å². The van der Waals surface area contributed by atoms with E-state index in [1.165, 1.54) is 6.21 Å². The molecular formula is C19H17N3O2. The van der Waals surface area contributed by atoms with Gasteiger partial charge in [-0.15, -0.1) is 0 Å². The van der Waals surface area contributed by atoms with Crippen molar-refractivity contribution in [2.24, 2.45) is 5.10 Å². The quantitative estimate of drug-likeness (QED) is 0.574. The molecule has 2 N–H and O–H groups in total. The molecule has 24 heavy (non-hydrogen) atoms. The molecule has 0 radical (unpaired) electrons. The number of benzene rings is 2. The molecule has 3 rings (SSSR count). The highest BCUT2D eigenvalue weighted by atomic mass is 16.3. The number of carbonyl (C=O) groups is 1. The summed E-state index contributed by atoms with van der Waals surface area (Å²) in [6.45, 7) is 3.80. The summed E-state index contributed by atoms with van der Waals surface area (Å²) in [5.41, 5.74) is 6.30. The second kappa shape index (κ2) is 6.50. The molecule has 0 saturated heterocycles. The van der Waals surface area contributed by atoms with Crippen molar-refractivity contribution in [1.29, 1.82) is 0 Å². The van der Waals surface area contributed by atoms with E-state index in [-0.39, 0.29) is 11.7 Å². The summed E-state index contributed by atoms with van der Waals surface area (Å²) < 4.78 is 0. The zero-order valence-corrected chi connectivity index (χ0v) is 13.4. The fraction of sp³-hybridized carbons (Fsp3) is 0.105. The maximum Gasteiger partial charge on any atom is 0.273 e. The molecule has 0 aliphatic carbocycles. The summed E-state index contributed by atoms with van der Waals surface area (Å²) >= 11 is 0. The Kier molecular flexibility index (Phi) is 4.24. The molecule has 0 fully saturated rings. The Hall–Kier alpha value is -3.21. The molecule has 1 aromatic heterocycles. The highest BCUT2D eigenvalue weighted by molar-refractivity contribution is 5.99. The van der Waals surface area contributed by atoms with Crippen molar-refractivity contribution in [3.05, 3.63) is 70.9 Å². The van der Waals surface area contributed by atoms with Crippen molar-refractivity contribution in [1.82, 2.24) is 10.4 Å². The number of pyridine rings is 1. The van der Waals surface area contributed by atoms with Gasteiger partial charge in [0.25, 0.3) is 5.91 Å². The Morgan fingerprint density at radius 1 is 1.17 bits per heavy atom. The first kappa shape index (κ1) is 15.7. The Balaban J connectivity index is 1.82. The Morgan fingerprint density at radius 2 is 2.00 bits per heavy atom. The van der Waals surface area contributed by atoms with E-state index in [9.17, 15) is 9.90 Å². The van der Waals surface area contributed by atoms with Crippen LogP contribution in [0.1, 0.15) is 27.2 Å². The number of hydrazone groups is 1. The van der Waals surface area contributed by atoms with Gasteiger partial charge in [0.15, 0.2) is 0 Å². The third-order valence-corrected chi connectivity index (χ3v) is 3.66. The number of aryl methyl sites for hydroxylation is 2. The molecule has 1 heterocycles. The van der Waals surface area contributed by atoms with Crippen LogP contribution in [-0.4, -0.2) is 22.2 Å². The number of carbonyl (C=O) groups excluding carboxylic acids is 1. The van der Waals surface area contributed by atoms with Crippen LogP contribution in [0.3, 0.4) is 0 Å². The molecule has 120 valence electrons. The number of rotatable bonds is 3. The number of amides is 1. The summed E-state index contributed by atoms with van der Waals surface area (Å²) in [5.74, 6) is -0.171. The Morgan fingerprint density at radius 3 is 2.79 bits per heavy atom. The van der Waals surface area contributed by atoms with Crippen molar-refractivity contribution >= 4 is 23.0 Å². The van der Waals surface area contributed by atoms with Crippen LogP contribution in [-0.2, 0) is 0 Å². The number of aromatic hydroxyl groups is 1. The lowest BCUT2D eigenvalue weighted by molar-refractivity contribution is 0.0954. The molecule has 5 heteroatoms. The lowest BCUT2D eigenvalue weighted by atomic mass is 10.1. The second-order valence-corrected chi connectivity index (χ2v) is 5.61. The van der Waals surface area contributed by atoms with E-state index < -0.39 is 0 Å². The molecule has 1 amide bonds. The highest BCUT2D eigenvalue weighted by Crippen LogP contribution is 2.18. The summed E-state index contributed by atoms with van der Waals surface area (Å²) in [7, 11) is 0. The van der Waals surface area contributed by atoms with Crippen molar-refractivity contribution in [3.63, 3.8) is 0 Å². The van der Waals surface area contributed by atoms with Crippen LogP contribution in [0, 0.1) is 13.8 Å². The first-order valence-corrected chi connectivity index (χ1v) is 7.53. The van der Waals surface area contributed by atoms with E-state index in [0.717, 1.165) is 16.5 Å². The van der Waals surface area contributed by atoms with Crippen LogP contribution in [0.15, 0.2) is 53.6 Å². The van der Waals surface area contributed by atoms with Gasteiger partial charge in [0, 0.05) is 5.39 Å². The average Bonchev–Trinajstić information content (AvgIpc) is 2.54. The number of fused-ring (bicyclic) bond motifs is 1. The van der Waals surface area contributed by atoms with Crippen molar-refractivity contribution in [3.8, 4) is 5.75 Å². The molecule has 0 bridgehead atoms. The number of aromatic nitrogens is 1. The molecule has 0 atom stereocenters. The SMILES string of the molecule is Cc1ccc2nc(C)c(C(=O)NN=Cc3cccc(O)c3)cc2c1. The van der Waals surface area contributed by atoms with Gasteiger partial charge >= 0.3 is 0 Å². The molecule has 5 nitrogen and oxygen atoms in total. The highest BCUT2D eigenvalue weighted by Gasteiger charge is 2.11. The monoisotopic (exact) mass is 319 g/mol. The van der Waals surface area contributed by atoms with E-state index in [2.05, 4.69) is 15.5 Å². The van der Waals surface area contributed by atoms with Gasteiger partial charge < -0.3 is 5.11 Å². The van der Waals surface area contributed by atoms with Gasteiger partial charge in [-0.1, -0.05) is 23.8 Å². The maximum absolute atomic E-state index is 12.3. The van der Waals surface area contributed by atoms with Gasteiger partial charge in [0.1, 0.15) is 5.75 Å². The minimum Gasteiger partial charge on any atom is -0.508 e. The number of hydrogen-bond donors (Lipinski definition) is 2. The minimum atomic E-state index is -0.320. The largest absolute Gasteiger partial charge is 0.508 e. The molecule has 0 aliphatic heterocycles. The van der Waals surface area contributed by atoms with E-state index in [4.69, 9.17) is 0 Å². The Labute approximate surface area is 139 Å². The summed E-state index contributed by atoms with van der Waals surface area (Å²) in [4.78, 5) is 16.8. The first-order chi connectivity index (χ1) is 11.5. The van der Waals surface area contributed by atoms with E-state index in [1.807, 2.05) is 31.2 Å². The average molecular weight is 319 g/mol. The van der Waals surface area contributed by atoms with Crippen LogP contribution < -0.4 is 5.43 Å². The van der Waals surface area contributed by atoms with Gasteiger partial charge in [0.05, 0.1) is 23.0 Å². The maximum atomic E-state index is 12.3. The third kappa shape index (κ3) is 3.41. The number of nitrogens with one attached hydrogen (secondary N) is 1. The number of phenols is 1. The summed E-state index contributed by atoms with van der Waals surface area (Å²) in [6, 6.07) is 14.4. The second-order valence-electron chi connectivity index (χ2n) is 5.61. The van der Waals surface area contributed by atoms with Crippen LogP contribution in [0.5, 0.6) is 5.75 Å².